The first kappa shape index (κ1) is 14.6. The summed E-state index contributed by atoms with van der Waals surface area (Å²) in [5, 5.41) is 10.2. The van der Waals surface area contributed by atoms with Gasteiger partial charge in [0.1, 0.15) is 6.10 Å². The second kappa shape index (κ2) is 5.69. The maximum Gasteiger partial charge on any atom is 0.165 e. The van der Waals surface area contributed by atoms with E-state index in [4.69, 9.17) is 0 Å². The second-order valence-corrected chi connectivity index (χ2v) is 5.88. The van der Waals surface area contributed by atoms with Gasteiger partial charge in [-0.3, -0.25) is 0 Å². The molecule has 0 aliphatic rings. The van der Waals surface area contributed by atoms with Crippen LogP contribution in [-0.4, -0.2) is 5.11 Å². The Morgan fingerprint density at radius 2 is 1.68 bits per heavy atom. The largest absolute Gasteiger partial charge is 0.384 e. The van der Waals surface area contributed by atoms with E-state index < -0.39 is 17.7 Å². The van der Waals surface area contributed by atoms with Gasteiger partial charge in [0.2, 0.25) is 0 Å². The molecule has 0 aromatic heterocycles. The summed E-state index contributed by atoms with van der Waals surface area (Å²) in [6.07, 6.45) is -1.21. The van der Waals surface area contributed by atoms with Crippen LogP contribution in [0, 0.1) is 18.6 Å². The lowest BCUT2D eigenvalue weighted by atomic mass is 9.99. The number of halogens is 4. The zero-order valence-electron chi connectivity index (χ0n) is 9.92. The topological polar surface area (TPSA) is 20.2 Å². The monoisotopic (exact) mass is 390 g/mol. The van der Waals surface area contributed by atoms with Gasteiger partial charge in [0, 0.05) is 14.5 Å². The lowest BCUT2D eigenvalue weighted by Gasteiger charge is -2.14. The van der Waals surface area contributed by atoms with Crippen LogP contribution in [0.25, 0.3) is 0 Å². The van der Waals surface area contributed by atoms with E-state index in [1.165, 1.54) is 19.1 Å². The van der Waals surface area contributed by atoms with Gasteiger partial charge in [-0.2, -0.15) is 0 Å². The highest BCUT2D eigenvalue weighted by molar-refractivity contribution is 9.13. The van der Waals surface area contributed by atoms with Gasteiger partial charge in [-0.15, -0.1) is 0 Å². The van der Waals surface area contributed by atoms with E-state index >= 15 is 0 Å². The predicted octanol–water partition coefficient (Wildman–Crippen LogP) is 4.88. The molecule has 0 radical (unpaired) electrons. The molecule has 0 aliphatic carbocycles. The van der Waals surface area contributed by atoms with Crippen LogP contribution in [0.5, 0.6) is 0 Å². The van der Waals surface area contributed by atoms with Gasteiger partial charge in [-0.25, -0.2) is 8.78 Å². The van der Waals surface area contributed by atoms with Gasteiger partial charge in [-0.1, -0.05) is 18.2 Å². The fourth-order valence-corrected chi connectivity index (χ4v) is 2.38. The van der Waals surface area contributed by atoms with Gasteiger partial charge in [-0.05, 0) is 62.0 Å². The van der Waals surface area contributed by atoms with Gasteiger partial charge in [0.15, 0.2) is 11.6 Å². The van der Waals surface area contributed by atoms with Crippen LogP contribution in [0.3, 0.4) is 0 Å². The fraction of sp³-hybridized carbons (Fsp3) is 0.143. The van der Waals surface area contributed by atoms with Crippen molar-refractivity contribution in [2.45, 2.75) is 13.0 Å². The van der Waals surface area contributed by atoms with Gasteiger partial charge < -0.3 is 5.11 Å². The Bertz CT molecular complexity index is 629. The molecule has 19 heavy (non-hydrogen) atoms. The van der Waals surface area contributed by atoms with Crippen LogP contribution in [0.1, 0.15) is 22.8 Å². The molecule has 2 aromatic carbocycles. The predicted molar refractivity (Wildman–Crippen MR) is 77.0 cm³/mol. The van der Waals surface area contributed by atoms with Crippen LogP contribution < -0.4 is 0 Å². The molecule has 2 rings (SSSR count). The summed E-state index contributed by atoms with van der Waals surface area (Å²) >= 11 is 6.61. The van der Waals surface area contributed by atoms with Crippen molar-refractivity contribution in [1.82, 2.24) is 0 Å². The van der Waals surface area contributed by atoms with E-state index in [1.54, 1.807) is 18.2 Å². The maximum atomic E-state index is 13.8. The lowest BCUT2D eigenvalue weighted by Crippen LogP contribution is -2.05. The Hall–Kier alpha value is -0.780. The van der Waals surface area contributed by atoms with Gasteiger partial charge in [0.05, 0.1) is 0 Å². The summed E-state index contributed by atoms with van der Waals surface area (Å²) in [7, 11) is 0. The van der Waals surface area contributed by atoms with E-state index in [0.29, 0.717) is 5.56 Å². The molecule has 0 saturated carbocycles. The molecule has 1 atom stereocenters. The third-order valence-corrected chi connectivity index (χ3v) is 4.74. The van der Waals surface area contributed by atoms with Crippen LogP contribution in [-0.2, 0) is 0 Å². The summed E-state index contributed by atoms with van der Waals surface area (Å²) in [4.78, 5) is 0. The molecule has 0 heterocycles. The highest BCUT2D eigenvalue weighted by atomic mass is 79.9. The lowest BCUT2D eigenvalue weighted by molar-refractivity contribution is 0.213. The first-order valence-electron chi connectivity index (χ1n) is 5.49. The van der Waals surface area contributed by atoms with E-state index in [1.807, 2.05) is 0 Å². The summed E-state index contributed by atoms with van der Waals surface area (Å²) in [6, 6.07) is 7.88. The van der Waals surface area contributed by atoms with Crippen molar-refractivity contribution in [3.63, 3.8) is 0 Å². The SMILES string of the molecule is Cc1ccc(C(O)c2ccc(Br)c(Br)c2)c(F)c1F. The summed E-state index contributed by atoms with van der Waals surface area (Å²) in [5.74, 6) is -1.93. The fourth-order valence-electron chi connectivity index (χ4n) is 1.73. The van der Waals surface area contributed by atoms with Crippen molar-refractivity contribution < 1.29 is 13.9 Å². The molecule has 1 N–H and O–H groups in total. The Morgan fingerprint density at radius 3 is 2.32 bits per heavy atom. The number of aliphatic hydroxyl groups excluding tert-OH is 1. The molecule has 100 valence electrons. The Morgan fingerprint density at radius 1 is 1.00 bits per heavy atom. The van der Waals surface area contributed by atoms with Gasteiger partial charge >= 0.3 is 0 Å². The normalized spacial score (nSPS) is 12.5. The van der Waals surface area contributed by atoms with Crippen LogP contribution >= 0.6 is 31.9 Å². The molecule has 0 fully saturated rings. The minimum Gasteiger partial charge on any atom is -0.384 e. The first-order chi connectivity index (χ1) is 8.91. The number of rotatable bonds is 2. The van der Waals surface area contributed by atoms with Crippen molar-refractivity contribution in [3.8, 4) is 0 Å². The smallest absolute Gasteiger partial charge is 0.165 e. The quantitative estimate of drug-likeness (QED) is 0.773. The molecule has 1 unspecified atom stereocenters. The molecule has 0 bridgehead atoms. The average molecular weight is 392 g/mol. The molecule has 0 spiro atoms. The van der Waals surface area contributed by atoms with E-state index in [-0.39, 0.29) is 11.1 Å². The van der Waals surface area contributed by atoms with Crippen LogP contribution in [0.15, 0.2) is 39.3 Å². The molecule has 0 aliphatic heterocycles. The standard InChI is InChI=1S/C14H10Br2F2O/c1-7-2-4-9(13(18)12(7)17)14(19)8-3-5-10(15)11(16)6-8/h2-6,14,19H,1H3. The second-order valence-electron chi connectivity index (χ2n) is 4.18. The highest BCUT2D eigenvalue weighted by Crippen LogP contribution is 2.31. The zero-order valence-corrected chi connectivity index (χ0v) is 13.1. The van der Waals surface area contributed by atoms with Crippen molar-refractivity contribution in [2.75, 3.05) is 0 Å². The van der Waals surface area contributed by atoms with Crippen LogP contribution in [0.2, 0.25) is 0 Å². The first-order valence-corrected chi connectivity index (χ1v) is 7.08. The summed E-state index contributed by atoms with van der Waals surface area (Å²) in [6.45, 7) is 1.48. The number of benzene rings is 2. The van der Waals surface area contributed by atoms with E-state index in [9.17, 15) is 13.9 Å². The number of hydrogen-bond donors (Lipinski definition) is 1. The van der Waals surface area contributed by atoms with Crippen molar-refractivity contribution in [1.29, 1.82) is 0 Å². The Balaban J connectivity index is 2.47. The molecule has 1 nitrogen and oxygen atoms in total. The third-order valence-electron chi connectivity index (χ3n) is 2.86. The number of aryl methyl sites for hydroxylation is 1. The van der Waals surface area contributed by atoms with E-state index in [0.717, 1.165) is 8.95 Å². The molecule has 2 aromatic rings. The van der Waals surface area contributed by atoms with Gasteiger partial charge in [0.25, 0.3) is 0 Å². The van der Waals surface area contributed by atoms with Crippen molar-refractivity contribution >= 4 is 31.9 Å². The average Bonchev–Trinajstić information content (AvgIpc) is 2.39. The summed E-state index contributed by atoms with van der Waals surface area (Å²) < 4.78 is 28.9. The summed E-state index contributed by atoms with van der Waals surface area (Å²) in [5.41, 5.74) is 0.625. The van der Waals surface area contributed by atoms with E-state index in [2.05, 4.69) is 31.9 Å². The number of aliphatic hydroxyl groups is 1. The number of hydrogen-bond acceptors (Lipinski definition) is 1. The molecular formula is C14H10Br2F2O. The van der Waals surface area contributed by atoms with Crippen molar-refractivity contribution in [3.05, 3.63) is 67.6 Å². The minimum absolute atomic E-state index is 0.0719. The Labute approximate surface area is 126 Å². The highest BCUT2D eigenvalue weighted by Gasteiger charge is 2.19. The molecule has 0 saturated heterocycles. The Kier molecular flexibility index (Phi) is 4.38. The minimum atomic E-state index is -1.21. The molecule has 0 amide bonds. The van der Waals surface area contributed by atoms with Crippen LogP contribution in [0.4, 0.5) is 8.78 Å². The molecular weight excluding hydrogens is 382 g/mol. The molecule has 5 heteroatoms. The van der Waals surface area contributed by atoms with Crippen molar-refractivity contribution in [2.24, 2.45) is 0 Å². The zero-order chi connectivity index (χ0) is 14.2. The maximum absolute atomic E-state index is 13.8. The third kappa shape index (κ3) is 2.88.